The van der Waals surface area contributed by atoms with Gasteiger partial charge in [0.05, 0.1) is 12.6 Å². The fourth-order valence-corrected chi connectivity index (χ4v) is 3.99. The lowest BCUT2D eigenvalue weighted by molar-refractivity contribution is 0.306. The van der Waals surface area contributed by atoms with Crippen LogP contribution in [-0.2, 0) is 0 Å². The van der Waals surface area contributed by atoms with Crippen LogP contribution in [0.4, 0.5) is 4.39 Å². The summed E-state index contributed by atoms with van der Waals surface area (Å²) >= 11 is 2.04. The van der Waals surface area contributed by atoms with Crippen LogP contribution >= 0.6 is 11.8 Å². The minimum absolute atomic E-state index is 0.127. The molecule has 1 saturated heterocycles. The fourth-order valence-electron chi connectivity index (χ4n) is 2.79. The summed E-state index contributed by atoms with van der Waals surface area (Å²) in [7, 11) is 4.05. The summed E-state index contributed by atoms with van der Waals surface area (Å²) in [6, 6.07) is 6.82. The Hall–Kier alpha value is -1.27. The van der Waals surface area contributed by atoms with Gasteiger partial charge >= 0.3 is 0 Å². The van der Waals surface area contributed by atoms with Crippen molar-refractivity contribution in [3.05, 3.63) is 35.6 Å². The number of hydrogen-bond donors (Lipinski definition) is 2. The van der Waals surface area contributed by atoms with Crippen LogP contribution in [0, 0.1) is 5.82 Å². The Labute approximate surface area is 149 Å². The van der Waals surface area contributed by atoms with Crippen molar-refractivity contribution >= 4 is 17.7 Å². The van der Waals surface area contributed by atoms with Gasteiger partial charge in [-0.15, -0.1) is 0 Å². The van der Waals surface area contributed by atoms with E-state index in [1.165, 1.54) is 30.7 Å². The second-order valence-electron chi connectivity index (χ2n) is 6.27. The molecule has 1 heterocycles. The van der Waals surface area contributed by atoms with Gasteiger partial charge in [-0.3, -0.25) is 4.99 Å². The Morgan fingerprint density at radius 2 is 2.08 bits per heavy atom. The number of nitrogens with one attached hydrogen (secondary N) is 2. The van der Waals surface area contributed by atoms with Gasteiger partial charge in [-0.2, -0.15) is 11.8 Å². The van der Waals surface area contributed by atoms with Gasteiger partial charge in [0.1, 0.15) is 5.82 Å². The molecule has 2 N–H and O–H groups in total. The zero-order valence-corrected chi connectivity index (χ0v) is 15.7. The maximum Gasteiger partial charge on any atom is 0.191 e. The van der Waals surface area contributed by atoms with Crippen molar-refractivity contribution < 1.29 is 4.39 Å². The van der Waals surface area contributed by atoms with E-state index in [-0.39, 0.29) is 11.9 Å². The third kappa shape index (κ3) is 5.98. The average molecular weight is 353 g/mol. The van der Waals surface area contributed by atoms with Crippen molar-refractivity contribution in [1.29, 1.82) is 0 Å². The smallest absolute Gasteiger partial charge is 0.191 e. The molecule has 1 aliphatic rings. The van der Waals surface area contributed by atoms with Crippen LogP contribution in [0.3, 0.4) is 0 Å². The number of likely N-dealkylation sites (N-methyl/N-ethyl adjacent to an activating group) is 1. The zero-order valence-electron chi connectivity index (χ0n) is 14.9. The average Bonchev–Trinajstić information content (AvgIpc) is 3.07. The normalized spacial score (nSPS) is 19.5. The molecule has 1 fully saturated rings. The van der Waals surface area contributed by atoms with Crippen molar-refractivity contribution in [3.8, 4) is 0 Å². The summed E-state index contributed by atoms with van der Waals surface area (Å²) in [5.74, 6) is 1.93. The molecule has 4 nitrogen and oxygen atoms in total. The van der Waals surface area contributed by atoms with E-state index < -0.39 is 0 Å². The number of nitrogens with zero attached hydrogens (tertiary/aromatic N) is 2. The number of hydrogen-bond acceptors (Lipinski definition) is 3. The van der Waals surface area contributed by atoms with Crippen LogP contribution in [-0.4, -0.2) is 55.6 Å². The summed E-state index contributed by atoms with van der Waals surface area (Å²) in [5, 5.41) is 7.46. The monoisotopic (exact) mass is 352 g/mol. The maximum atomic E-state index is 13.2. The maximum absolute atomic E-state index is 13.2. The Balaban J connectivity index is 1.98. The second-order valence-corrected chi connectivity index (χ2v) is 7.67. The number of guanidine groups is 1. The van der Waals surface area contributed by atoms with Crippen LogP contribution in [0.25, 0.3) is 0 Å². The third-order valence-electron chi connectivity index (χ3n) is 4.17. The minimum Gasteiger partial charge on any atom is -0.357 e. The highest BCUT2D eigenvalue weighted by Crippen LogP contribution is 2.25. The van der Waals surface area contributed by atoms with Crippen molar-refractivity contribution in [2.24, 2.45) is 4.99 Å². The van der Waals surface area contributed by atoms with E-state index in [0.717, 1.165) is 24.6 Å². The van der Waals surface area contributed by atoms with E-state index in [0.29, 0.717) is 11.8 Å². The van der Waals surface area contributed by atoms with Crippen LogP contribution in [0.5, 0.6) is 0 Å². The summed E-state index contributed by atoms with van der Waals surface area (Å²) in [6.07, 6.45) is 2.60. The van der Waals surface area contributed by atoms with Crippen molar-refractivity contribution in [3.63, 3.8) is 0 Å². The quantitative estimate of drug-likeness (QED) is 0.585. The lowest BCUT2D eigenvalue weighted by atomic mass is 10.1. The Bertz CT molecular complexity index is 512. The molecule has 1 aromatic carbocycles. The number of benzene rings is 1. The molecule has 2 rings (SSSR count). The van der Waals surface area contributed by atoms with Gasteiger partial charge in [0.25, 0.3) is 0 Å². The Kier molecular flexibility index (Phi) is 7.85. The molecule has 0 aliphatic carbocycles. The van der Waals surface area contributed by atoms with Crippen LogP contribution in [0.15, 0.2) is 29.3 Å². The molecule has 0 spiro atoms. The molecule has 1 aromatic rings. The topological polar surface area (TPSA) is 39.7 Å². The van der Waals surface area contributed by atoms with Crippen LogP contribution in [0.2, 0.25) is 0 Å². The molecule has 0 radical (unpaired) electrons. The number of halogens is 1. The van der Waals surface area contributed by atoms with Crippen molar-refractivity contribution in [2.45, 2.75) is 31.1 Å². The zero-order chi connectivity index (χ0) is 17.4. The molecule has 24 heavy (non-hydrogen) atoms. The Morgan fingerprint density at radius 3 is 2.67 bits per heavy atom. The van der Waals surface area contributed by atoms with E-state index in [9.17, 15) is 4.39 Å². The van der Waals surface area contributed by atoms with Gasteiger partial charge in [-0.05, 0) is 57.3 Å². The second kappa shape index (κ2) is 9.89. The van der Waals surface area contributed by atoms with Gasteiger partial charge in [-0.1, -0.05) is 12.1 Å². The SMILES string of the molecule is CCNC(=NCC(c1ccc(F)cc1)N(C)C)NCC1CCCS1. The van der Waals surface area contributed by atoms with E-state index in [2.05, 4.69) is 22.5 Å². The number of thioether (sulfide) groups is 1. The first-order valence-corrected chi connectivity index (χ1v) is 9.70. The van der Waals surface area contributed by atoms with Gasteiger partial charge in [0.2, 0.25) is 0 Å². The predicted octanol–water partition coefficient (Wildman–Crippen LogP) is 2.88. The van der Waals surface area contributed by atoms with Crippen molar-refractivity contribution in [2.75, 3.05) is 39.5 Å². The van der Waals surface area contributed by atoms with E-state index in [1.54, 1.807) is 0 Å². The largest absolute Gasteiger partial charge is 0.357 e. The molecule has 134 valence electrons. The molecule has 2 atom stereocenters. The van der Waals surface area contributed by atoms with Crippen LogP contribution in [0.1, 0.15) is 31.4 Å². The lowest BCUT2D eigenvalue weighted by Crippen LogP contribution is -2.40. The summed E-state index contributed by atoms with van der Waals surface area (Å²) < 4.78 is 13.2. The Morgan fingerprint density at radius 1 is 1.33 bits per heavy atom. The standard InChI is InChI=1S/C18H29FN4S/c1-4-20-18(21-12-16-6-5-11-24-16)22-13-17(23(2)3)14-7-9-15(19)10-8-14/h7-10,16-17H,4-6,11-13H2,1-3H3,(H2,20,21,22). The molecular formula is C18H29FN4S. The molecule has 0 bridgehead atoms. The van der Waals surface area contributed by atoms with Gasteiger partial charge in [0, 0.05) is 18.3 Å². The molecule has 6 heteroatoms. The third-order valence-corrected chi connectivity index (χ3v) is 5.56. The lowest BCUT2D eigenvalue weighted by Gasteiger charge is -2.24. The minimum atomic E-state index is -0.205. The first-order chi connectivity index (χ1) is 11.6. The summed E-state index contributed by atoms with van der Waals surface area (Å²) in [5.41, 5.74) is 1.08. The first kappa shape index (κ1) is 19.1. The van der Waals surface area contributed by atoms with Gasteiger partial charge in [0.15, 0.2) is 5.96 Å². The molecule has 1 aliphatic heterocycles. The fraction of sp³-hybridized carbons (Fsp3) is 0.611. The number of rotatable bonds is 7. The molecular weight excluding hydrogens is 323 g/mol. The van der Waals surface area contributed by atoms with Gasteiger partial charge in [-0.25, -0.2) is 4.39 Å². The highest BCUT2D eigenvalue weighted by molar-refractivity contribution is 8.00. The molecule has 0 amide bonds. The number of aliphatic imine (C=N–C) groups is 1. The van der Waals surface area contributed by atoms with E-state index >= 15 is 0 Å². The first-order valence-electron chi connectivity index (χ1n) is 8.65. The van der Waals surface area contributed by atoms with Crippen molar-refractivity contribution in [1.82, 2.24) is 15.5 Å². The van der Waals surface area contributed by atoms with Crippen LogP contribution < -0.4 is 10.6 Å². The summed E-state index contributed by atoms with van der Waals surface area (Å²) in [4.78, 5) is 6.86. The summed E-state index contributed by atoms with van der Waals surface area (Å²) in [6.45, 7) is 4.50. The highest BCUT2D eigenvalue weighted by atomic mass is 32.2. The molecule has 2 unspecified atom stereocenters. The van der Waals surface area contributed by atoms with E-state index in [1.807, 2.05) is 38.0 Å². The highest BCUT2D eigenvalue weighted by Gasteiger charge is 2.17. The predicted molar refractivity (Wildman–Crippen MR) is 102 cm³/mol. The van der Waals surface area contributed by atoms with Gasteiger partial charge < -0.3 is 15.5 Å². The van der Waals surface area contributed by atoms with E-state index in [4.69, 9.17) is 4.99 Å². The molecule has 0 aromatic heterocycles. The molecule has 0 saturated carbocycles.